The number of ether oxygens (including phenoxy) is 1. The zero-order valence-electron chi connectivity index (χ0n) is 25.6. The van der Waals surface area contributed by atoms with Gasteiger partial charge in [-0.15, -0.1) is 5.10 Å². The van der Waals surface area contributed by atoms with Crippen molar-refractivity contribution >= 4 is 31.5 Å². The summed E-state index contributed by atoms with van der Waals surface area (Å²) >= 11 is 0. The number of fused-ring (bicyclic) bond motifs is 2. The number of anilines is 2. The van der Waals surface area contributed by atoms with Gasteiger partial charge in [0.1, 0.15) is 0 Å². The summed E-state index contributed by atoms with van der Waals surface area (Å²) in [7, 11) is -2.79. The van der Waals surface area contributed by atoms with E-state index in [9.17, 15) is 19.5 Å². The molecule has 0 unspecified atom stereocenters. The molecule has 3 aliphatic heterocycles. The number of amides is 2. The molecule has 2 aromatic carbocycles. The molecule has 3 aromatic rings. The minimum Gasteiger partial charge on any atom is -0.432 e. The van der Waals surface area contributed by atoms with Gasteiger partial charge in [0.05, 0.1) is 30.1 Å². The average molecular weight is 619 g/mol. The number of rotatable bonds is 10. The fourth-order valence-corrected chi connectivity index (χ4v) is 10.1. The molecule has 2 fully saturated rings. The molecule has 0 radical (unpaired) electrons. The van der Waals surface area contributed by atoms with E-state index in [0.717, 1.165) is 36.2 Å². The first-order chi connectivity index (χ1) is 21.1. The van der Waals surface area contributed by atoms with E-state index < -0.39 is 13.9 Å². The lowest BCUT2D eigenvalue weighted by atomic mass is 9.82. The van der Waals surface area contributed by atoms with Gasteiger partial charge in [-0.1, -0.05) is 42.5 Å². The summed E-state index contributed by atoms with van der Waals surface area (Å²) in [5.41, 5.74) is 2.52. The van der Waals surface area contributed by atoms with E-state index in [2.05, 4.69) is 20.9 Å². The fraction of sp³-hybridized carbons (Fsp3) is 0.500. The second-order valence-electron chi connectivity index (χ2n) is 12.8. The Bertz CT molecular complexity index is 1520. The van der Waals surface area contributed by atoms with Crippen molar-refractivity contribution in [2.24, 2.45) is 5.92 Å². The van der Waals surface area contributed by atoms with Gasteiger partial charge < -0.3 is 30.2 Å². The summed E-state index contributed by atoms with van der Waals surface area (Å²) in [5.74, 6) is -0.437. The van der Waals surface area contributed by atoms with Crippen molar-refractivity contribution in [2.45, 2.75) is 82.1 Å². The molecule has 12 heteroatoms. The zero-order valence-corrected chi connectivity index (χ0v) is 26.6. The number of aryl methyl sites for hydroxylation is 1. The van der Waals surface area contributed by atoms with Crippen LogP contribution in [0.15, 0.2) is 54.7 Å². The lowest BCUT2D eigenvalue weighted by Gasteiger charge is -2.32. The van der Waals surface area contributed by atoms with E-state index >= 15 is 0 Å². The Kier molecular flexibility index (Phi) is 8.46. The maximum absolute atomic E-state index is 14.6. The van der Waals surface area contributed by atoms with Crippen LogP contribution in [-0.4, -0.2) is 70.3 Å². The second kappa shape index (κ2) is 12.2. The molecule has 0 saturated carbocycles. The average Bonchev–Trinajstić information content (AvgIpc) is 3.77. The molecular formula is C32H42N6O5Si. The molecule has 234 valence electrons. The minimum atomic E-state index is -2.79. The van der Waals surface area contributed by atoms with E-state index in [4.69, 9.17) is 4.74 Å². The van der Waals surface area contributed by atoms with Crippen LogP contribution in [0.1, 0.15) is 43.0 Å². The molecule has 11 nitrogen and oxygen atoms in total. The van der Waals surface area contributed by atoms with Gasteiger partial charge in [-0.25, -0.2) is 0 Å². The molecular weight excluding hydrogens is 576 g/mol. The number of para-hydroxylation sites is 1. The van der Waals surface area contributed by atoms with Crippen LogP contribution < -0.4 is 15.5 Å². The Morgan fingerprint density at radius 1 is 1.23 bits per heavy atom. The van der Waals surface area contributed by atoms with Gasteiger partial charge >= 0.3 is 0 Å². The standard InChI is InChI=1S/C32H42N6O5Si/c1-21-29(44(2,3)42)28(13-16-37-20-24(14-17-39)35-36-37)43-32(21)25-10-4-5-12-27(25)38(31(32)41)19-22-8-6-9-23(18-22)34-30(40)26-11-7-15-33-26/h4-6,8-10,12,18,20-21,26,28-29,33,39,42H,7,11,13-17,19H2,1-3H3,(H,34,40)/t21-,26-,28+,29-,32+/m1/s1. The minimum absolute atomic E-state index is 0.00569. The molecule has 4 heterocycles. The summed E-state index contributed by atoms with van der Waals surface area (Å²) in [4.78, 5) is 40.6. The summed E-state index contributed by atoms with van der Waals surface area (Å²) < 4.78 is 8.63. The Labute approximate surface area is 258 Å². The maximum atomic E-state index is 14.6. The summed E-state index contributed by atoms with van der Waals surface area (Å²) in [5, 5.41) is 23.8. The smallest absolute Gasteiger partial charge is 0.264 e. The van der Waals surface area contributed by atoms with Crippen LogP contribution in [-0.2, 0) is 39.4 Å². The second-order valence-corrected chi connectivity index (χ2v) is 16.8. The molecule has 2 amide bonds. The number of aliphatic hydroxyl groups excluding tert-OH is 1. The van der Waals surface area contributed by atoms with Crippen molar-refractivity contribution in [3.05, 3.63) is 71.5 Å². The number of nitrogens with zero attached hydrogens (tertiary/aromatic N) is 4. The highest BCUT2D eigenvalue weighted by Gasteiger charge is 2.66. The molecule has 1 spiro atoms. The Hall–Kier alpha value is -3.42. The molecule has 44 heavy (non-hydrogen) atoms. The van der Waals surface area contributed by atoms with Gasteiger partial charge in [0, 0.05) is 48.5 Å². The Morgan fingerprint density at radius 2 is 2.05 bits per heavy atom. The first-order valence-electron chi connectivity index (χ1n) is 15.6. The lowest BCUT2D eigenvalue weighted by molar-refractivity contribution is -0.146. The van der Waals surface area contributed by atoms with Crippen molar-refractivity contribution in [3.63, 3.8) is 0 Å². The van der Waals surface area contributed by atoms with E-state index in [1.807, 2.05) is 74.7 Å². The number of benzene rings is 2. The summed E-state index contributed by atoms with van der Waals surface area (Å²) in [6.45, 7) is 7.56. The topological polar surface area (TPSA) is 142 Å². The number of hydrogen-bond donors (Lipinski definition) is 4. The number of carbonyl (C=O) groups excluding carboxylic acids is 2. The third-order valence-electron chi connectivity index (χ3n) is 9.40. The largest absolute Gasteiger partial charge is 0.432 e. The molecule has 2 saturated heterocycles. The van der Waals surface area contributed by atoms with Crippen LogP contribution in [0.25, 0.3) is 0 Å². The van der Waals surface area contributed by atoms with Crippen LogP contribution >= 0.6 is 0 Å². The van der Waals surface area contributed by atoms with Crippen LogP contribution in [0.4, 0.5) is 11.4 Å². The van der Waals surface area contributed by atoms with Gasteiger partial charge in [0.25, 0.3) is 5.91 Å². The normalized spacial score (nSPS) is 26.5. The van der Waals surface area contributed by atoms with Gasteiger partial charge in [0.15, 0.2) is 13.9 Å². The molecule has 1 aromatic heterocycles. The van der Waals surface area contributed by atoms with Gasteiger partial charge in [0.2, 0.25) is 5.91 Å². The summed E-state index contributed by atoms with van der Waals surface area (Å²) in [6, 6.07) is 15.2. The molecule has 6 rings (SSSR count). The van der Waals surface area contributed by atoms with Crippen LogP contribution in [0.3, 0.4) is 0 Å². The third kappa shape index (κ3) is 5.61. The predicted molar refractivity (Wildman–Crippen MR) is 168 cm³/mol. The van der Waals surface area contributed by atoms with E-state index in [0.29, 0.717) is 37.3 Å². The van der Waals surface area contributed by atoms with E-state index in [1.165, 1.54) is 0 Å². The highest BCUT2D eigenvalue weighted by Crippen LogP contribution is 2.59. The van der Waals surface area contributed by atoms with Gasteiger partial charge in [-0.3, -0.25) is 14.3 Å². The van der Waals surface area contributed by atoms with Gasteiger partial charge in [-0.05, 0) is 62.7 Å². The number of aromatic nitrogens is 3. The third-order valence-corrected chi connectivity index (χ3v) is 11.9. The summed E-state index contributed by atoms with van der Waals surface area (Å²) in [6.07, 6.45) is 4.27. The van der Waals surface area contributed by atoms with Crippen molar-refractivity contribution in [1.82, 2.24) is 20.3 Å². The predicted octanol–water partition coefficient (Wildman–Crippen LogP) is 2.94. The Balaban J connectivity index is 1.26. The lowest BCUT2D eigenvalue weighted by Crippen LogP contribution is -2.46. The molecule has 5 atom stereocenters. The van der Waals surface area contributed by atoms with E-state index in [1.54, 1.807) is 9.58 Å². The van der Waals surface area contributed by atoms with Crippen molar-refractivity contribution in [1.29, 1.82) is 0 Å². The quantitative estimate of drug-likeness (QED) is 0.254. The highest BCUT2D eigenvalue weighted by molar-refractivity contribution is 6.71. The molecule has 0 bridgehead atoms. The van der Waals surface area contributed by atoms with Gasteiger partial charge in [-0.2, -0.15) is 0 Å². The zero-order chi connectivity index (χ0) is 31.1. The van der Waals surface area contributed by atoms with Crippen LogP contribution in [0.2, 0.25) is 18.6 Å². The number of carbonyl (C=O) groups is 2. The van der Waals surface area contributed by atoms with Crippen molar-refractivity contribution in [3.8, 4) is 0 Å². The van der Waals surface area contributed by atoms with Crippen LogP contribution in [0.5, 0.6) is 0 Å². The monoisotopic (exact) mass is 618 g/mol. The fourth-order valence-electron chi connectivity index (χ4n) is 7.46. The molecule has 4 N–H and O–H groups in total. The number of hydrogen-bond acceptors (Lipinski definition) is 8. The van der Waals surface area contributed by atoms with Crippen LogP contribution in [0, 0.1) is 5.92 Å². The van der Waals surface area contributed by atoms with Crippen molar-refractivity contribution < 1.29 is 24.2 Å². The maximum Gasteiger partial charge on any atom is 0.264 e. The number of nitrogens with one attached hydrogen (secondary N) is 2. The first-order valence-corrected chi connectivity index (χ1v) is 18.6. The SMILES string of the molecule is C[C@@H]1[C@@H]([Si](C)(C)O)[C@H](CCn2cc(CCO)nn2)O[C@@]12C(=O)N(Cc1cccc(NC(=O)[C@H]3CCCN3)c1)c1ccccc12. The highest BCUT2D eigenvalue weighted by atomic mass is 28.4. The van der Waals surface area contributed by atoms with E-state index in [-0.39, 0.29) is 42.0 Å². The Morgan fingerprint density at radius 3 is 2.80 bits per heavy atom. The van der Waals surface area contributed by atoms with Crippen molar-refractivity contribution in [2.75, 3.05) is 23.4 Å². The number of aliphatic hydroxyl groups is 1. The molecule has 0 aliphatic carbocycles. The first kappa shape index (κ1) is 30.6. The molecule has 3 aliphatic rings.